The topological polar surface area (TPSA) is 62.6 Å². The molecule has 8 heteroatoms. The van der Waals surface area contributed by atoms with Crippen molar-refractivity contribution >= 4 is 17.5 Å². The highest BCUT2D eigenvalue weighted by Gasteiger charge is 2.24. The molecule has 0 spiro atoms. The van der Waals surface area contributed by atoms with Gasteiger partial charge in [-0.2, -0.15) is 0 Å². The average Bonchev–Trinajstić information content (AvgIpc) is 2.57. The summed E-state index contributed by atoms with van der Waals surface area (Å²) in [6.45, 7) is 2.10. The number of hydrogen-bond acceptors (Lipinski definition) is 2. The Morgan fingerprint density at radius 3 is 2.42 bits per heavy atom. The predicted molar refractivity (Wildman–Crippen MR) is 91.1 cm³/mol. The van der Waals surface area contributed by atoms with Gasteiger partial charge in [0.15, 0.2) is 30.5 Å². The average molecular weight is 372 g/mol. The molecule has 1 fully saturated rings. The van der Waals surface area contributed by atoms with E-state index in [0.29, 0.717) is 10.8 Å². The second-order valence-electron chi connectivity index (χ2n) is 7.02. The highest BCUT2D eigenvalue weighted by molar-refractivity contribution is 5.91. The Labute approximate surface area is 150 Å². The van der Waals surface area contributed by atoms with Crippen LogP contribution in [-0.2, 0) is 9.59 Å². The van der Waals surface area contributed by atoms with Crippen LogP contribution in [0.2, 0.25) is 0 Å². The summed E-state index contributed by atoms with van der Waals surface area (Å²) in [5.74, 6) is -4.70. The van der Waals surface area contributed by atoms with Gasteiger partial charge in [0, 0.05) is 6.04 Å². The Hall–Kier alpha value is -2.09. The molecule has 0 heterocycles. The summed E-state index contributed by atoms with van der Waals surface area (Å²) >= 11 is 0. The maximum Gasteiger partial charge on any atom is 0.279 e. The number of carbonyl (C=O) groups excluding carboxylic acids is 2. The molecule has 1 aromatic carbocycles. The second kappa shape index (κ2) is 9.02. The van der Waals surface area contributed by atoms with Crippen molar-refractivity contribution < 1.29 is 27.7 Å². The summed E-state index contributed by atoms with van der Waals surface area (Å²) in [6.07, 6.45) is 4.33. The summed E-state index contributed by atoms with van der Waals surface area (Å²) in [7, 11) is 1.66. The number of benzene rings is 1. The zero-order chi connectivity index (χ0) is 19.3. The van der Waals surface area contributed by atoms with E-state index >= 15 is 0 Å². The van der Waals surface area contributed by atoms with Crippen LogP contribution in [0.4, 0.5) is 18.9 Å². The second-order valence-corrected chi connectivity index (χ2v) is 7.02. The molecule has 1 aromatic rings. The van der Waals surface area contributed by atoms with Gasteiger partial charge in [-0.05, 0) is 30.9 Å². The zero-order valence-corrected chi connectivity index (χ0v) is 15.0. The molecule has 0 aliphatic heterocycles. The minimum absolute atomic E-state index is 0.0941. The maximum absolute atomic E-state index is 13.6. The van der Waals surface area contributed by atoms with Crippen molar-refractivity contribution in [3.8, 4) is 0 Å². The van der Waals surface area contributed by atoms with Gasteiger partial charge in [0.25, 0.3) is 11.8 Å². The van der Waals surface area contributed by atoms with Crippen LogP contribution in [0.5, 0.6) is 0 Å². The van der Waals surface area contributed by atoms with E-state index in [-0.39, 0.29) is 25.0 Å². The first-order valence-corrected chi connectivity index (χ1v) is 8.82. The number of quaternary nitrogens is 1. The van der Waals surface area contributed by atoms with Crippen LogP contribution in [0, 0.1) is 23.4 Å². The summed E-state index contributed by atoms with van der Waals surface area (Å²) in [5.41, 5.74) is -0.429. The van der Waals surface area contributed by atoms with Gasteiger partial charge in [0.1, 0.15) is 0 Å². The van der Waals surface area contributed by atoms with Crippen molar-refractivity contribution in [2.24, 2.45) is 5.92 Å². The largest absolute Gasteiger partial charge is 0.348 e. The molecule has 1 aliphatic rings. The van der Waals surface area contributed by atoms with Crippen molar-refractivity contribution in [2.75, 3.05) is 25.5 Å². The van der Waals surface area contributed by atoms with E-state index < -0.39 is 29.0 Å². The van der Waals surface area contributed by atoms with Crippen LogP contribution in [-0.4, -0.2) is 38.0 Å². The molecule has 3 N–H and O–H groups in total. The number of carbonyl (C=O) groups is 2. The first-order valence-electron chi connectivity index (χ1n) is 8.82. The fourth-order valence-corrected chi connectivity index (χ4v) is 3.22. The van der Waals surface area contributed by atoms with E-state index in [1.165, 1.54) is 6.42 Å². The molecule has 1 saturated carbocycles. The summed E-state index contributed by atoms with van der Waals surface area (Å²) in [4.78, 5) is 24.7. The van der Waals surface area contributed by atoms with Crippen LogP contribution in [0.15, 0.2) is 12.1 Å². The van der Waals surface area contributed by atoms with Crippen molar-refractivity contribution in [1.29, 1.82) is 0 Å². The van der Waals surface area contributed by atoms with Gasteiger partial charge in [-0.3, -0.25) is 9.59 Å². The molecule has 2 amide bonds. The highest BCUT2D eigenvalue weighted by atomic mass is 19.2. The van der Waals surface area contributed by atoms with Crippen LogP contribution in [0.25, 0.3) is 0 Å². The molecule has 26 heavy (non-hydrogen) atoms. The van der Waals surface area contributed by atoms with Crippen LogP contribution in [0.1, 0.15) is 32.6 Å². The first kappa shape index (κ1) is 20.2. The van der Waals surface area contributed by atoms with Gasteiger partial charge in [-0.1, -0.05) is 19.8 Å². The third-order valence-corrected chi connectivity index (χ3v) is 4.69. The number of rotatable bonds is 6. The molecule has 1 aliphatic carbocycles. The van der Waals surface area contributed by atoms with Gasteiger partial charge in [0.2, 0.25) is 0 Å². The third kappa shape index (κ3) is 5.45. The quantitative estimate of drug-likeness (QED) is 0.659. The number of hydrogen-bond donors (Lipinski definition) is 3. The smallest absolute Gasteiger partial charge is 0.279 e. The van der Waals surface area contributed by atoms with E-state index in [4.69, 9.17) is 0 Å². The summed E-state index contributed by atoms with van der Waals surface area (Å²) in [6, 6.07) is 1.86. The Morgan fingerprint density at radius 2 is 1.73 bits per heavy atom. The summed E-state index contributed by atoms with van der Waals surface area (Å²) < 4.78 is 39.6. The number of halogens is 3. The minimum Gasteiger partial charge on any atom is -0.348 e. The van der Waals surface area contributed by atoms with Crippen molar-refractivity contribution in [1.82, 2.24) is 5.32 Å². The Balaban J connectivity index is 1.81. The Bertz CT molecular complexity index is 669. The van der Waals surface area contributed by atoms with E-state index in [1.807, 2.05) is 0 Å². The molecule has 0 bridgehead atoms. The van der Waals surface area contributed by atoms with Gasteiger partial charge in [-0.25, -0.2) is 13.2 Å². The number of anilines is 1. The molecular weight excluding hydrogens is 347 g/mol. The summed E-state index contributed by atoms with van der Waals surface area (Å²) in [5, 5.41) is 5.20. The van der Waals surface area contributed by atoms with E-state index in [1.54, 1.807) is 7.05 Å². The normalized spacial score (nSPS) is 21.1. The monoisotopic (exact) mass is 372 g/mol. The van der Waals surface area contributed by atoms with Crippen LogP contribution >= 0.6 is 0 Å². The van der Waals surface area contributed by atoms with Gasteiger partial charge in [-0.15, -0.1) is 0 Å². The molecule has 0 radical (unpaired) electrons. The van der Waals surface area contributed by atoms with Gasteiger partial charge in [0.05, 0.1) is 12.7 Å². The lowest BCUT2D eigenvalue weighted by Crippen LogP contribution is -3.11. The minimum atomic E-state index is -1.63. The van der Waals surface area contributed by atoms with Crippen molar-refractivity contribution in [3.63, 3.8) is 0 Å². The molecule has 0 aromatic heterocycles. The van der Waals surface area contributed by atoms with Crippen LogP contribution < -0.4 is 15.5 Å². The maximum atomic E-state index is 13.6. The van der Waals surface area contributed by atoms with Crippen molar-refractivity contribution in [3.05, 3.63) is 29.6 Å². The lowest BCUT2D eigenvalue weighted by molar-refractivity contribution is -0.862. The van der Waals surface area contributed by atoms with Crippen molar-refractivity contribution in [2.45, 2.75) is 38.6 Å². The predicted octanol–water partition coefficient (Wildman–Crippen LogP) is 1.25. The lowest BCUT2D eigenvalue weighted by Gasteiger charge is -2.29. The van der Waals surface area contributed by atoms with Gasteiger partial charge < -0.3 is 15.5 Å². The van der Waals surface area contributed by atoms with E-state index in [0.717, 1.165) is 31.4 Å². The molecule has 144 valence electrons. The number of amides is 2. The lowest BCUT2D eigenvalue weighted by atomic mass is 9.86. The first-order chi connectivity index (χ1) is 12.3. The number of nitrogens with one attached hydrogen (secondary N) is 3. The van der Waals surface area contributed by atoms with E-state index in [9.17, 15) is 22.8 Å². The highest BCUT2D eigenvalue weighted by Crippen LogP contribution is 2.23. The molecule has 1 unspecified atom stereocenters. The number of likely N-dealkylation sites (N-methyl/N-ethyl adjacent to an activating group) is 1. The third-order valence-electron chi connectivity index (χ3n) is 4.69. The zero-order valence-electron chi connectivity index (χ0n) is 15.0. The SMILES string of the molecule is C[C@@H]1CCCC[C@H]1NC(=O)C[NH+](C)CC(=O)Nc1ccc(F)c(F)c1F. The Kier molecular flexibility index (Phi) is 7.02. The molecular formula is C18H25F3N3O2+. The van der Waals surface area contributed by atoms with Crippen LogP contribution in [0.3, 0.4) is 0 Å². The molecule has 2 rings (SSSR count). The van der Waals surface area contributed by atoms with E-state index in [2.05, 4.69) is 17.6 Å². The molecule has 5 nitrogen and oxygen atoms in total. The fraction of sp³-hybridized carbons (Fsp3) is 0.556. The van der Waals surface area contributed by atoms with Gasteiger partial charge >= 0.3 is 0 Å². The molecule has 3 atom stereocenters. The molecule has 0 saturated heterocycles. The Morgan fingerprint density at radius 1 is 1.08 bits per heavy atom. The fourth-order valence-electron chi connectivity index (χ4n) is 3.22. The standard InChI is InChI=1S/C18H24F3N3O2/c1-11-5-3-4-6-13(11)22-15(25)9-24(2)10-16(26)23-14-8-7-12(19)17(20)18(14)21/h7-8,11,13H,3-6,9-10H2,1-2H3,(H,22,25)(H,23,26)/p+1/t11-,13-/m1/s1.